The van der Waals surface area contributed by atoms with Gasteiger partial charge in [0.2, 0.25) is 5.91 Å². The number of nitrogens with zero attached hydrogens (tertiary/aromatic N) is 1. The summed E-state index contributed by atoms with van der Waals surface area (Å²) in [6.45, 7) is 9.46. The Bertz CT molecular complexity index is 1040. The summed E-state index contributed by atoms with van der Waals surface area (Å²) in [5, 5.41) is 12.0. The fourth-order valence-electron chi connectivity index (χ4n) is 4.82. The number of carbonyl (C=O) groups is 3. The lowest BCUT2D eigenvalue weighted by Gasteiger charge is -2.42. The van der Waals surface area contributed by atoms with Gasteiger partial charge in [0.1, 0.15) is 12.1 Å². The molecule has 0 saturated carbocycles. The van der Waals surface area contributed by atoms with Crippen molar-refractivity contribution in [3.8, 4) is 11.1 Å². The highest BCUT2D eigenvalue weighted by Crippen LogP contribution is 2.44. The molecule has 1 aliphatic rings. The maximum atomic E-state index is 13.7. The van der Waals surface area contributed by atoms with E-state index in [-0.39, 0.29) is 31.4 Å². The Morgan fingerprint density at radius 3 is 1.91 bits per heavy atom. The molecule has 7 heteroatoms. The summed E-state index contributed by atoms with van der Waals surface area (Å²) in [5.41, 5.74) is 2.72. The van der Waals surface area contributed by atoms with Crippen LogP contribution in [0.15, 0.2) is 48.5 Å². The van der Waals surface area contributed by atoms with E-state index in [1.807, 2.05) is 58.9 Å². The molecule has 7 nitrogen and oxygen atoms in total. The van der Waals surface area contributed by atoms with Crippen LogP contribution < -0.4 is 5.32 Å². The number of alkyl carbamates (subject to hydrolysis) is 1. The molecule has 2 aromatic rings. The van der Waals surface area contributed by atoms with Gasteiger partial charge in [-0.3, -0.25) is 9.59 Å². The number of carboxylic acid groups (broad SMARTS) is 1. The Kier molecular flexibility index (Phi) is 7.88. The lowest BCUT2D eigenvalue weighted by atomic mass is 9.89. The number of hydrogen-bond donors (Lipinski definition) is 2. The van der Waals surface area contributed by atoms with Crippen molar-refractivity contribution in [1.82, 2.24) is 10.2 Å². The minimum atomic E-state index is -1.19. The third-order valence-electron chi connectivity index (χ3n) is 6.91. The lowest BCUT2D eigenvalue weighted by Crippen LogP contribution is -2.62. The molecule has 0 saturated heterocycles. The summed E-state index contributed by atoms with van der Waals surface area (Å²) in [6.07, 6.45) is -0.119. The Balaban J connectivity index is 1.77. The van der Waals surface area contributed by atoms with Gasteiger partial charge in [0.25, 0.3) is 0 Å². The largest absolute Gasteiger partial charge is 0.481 e. The van der Waals surface area contributed by atoms with E-state index in [1.165, 1.54) is 4.90 Å². The van der Waals surface area contributed by atoms with E-state index in [0.717, 1.165) is 22.3 Å². The standard InChI is InChI=1S/C28H36N2O5/c1-6-28(7-2,25(33)30(27(3,4)5)17-16-24(31)32)29-26(34)35-18-23-21-14-10-8-12-19(21)20-13-9-11-15-22(20)23/h8-15,23H,6-7,16-18H2,1-5H3,(H,29,34)(H,31,32). The summed E-state index contributed by atoms with van der Waals surface area (Å²) in [7, 11) is 0. The molecule has 2 N–H and O–H groups in total. The van der Waals surface area contributed by atoms with Gasteiger partial charge in [0.05, 0.1) is 6.42 Å². The molecular weight excluding hydrogens is 444 g/mol. The normalized spacial score (nSPS) is 13.1. The van der Waals surface area contributed by atoms with Gasteiger partial charge in [-0.05, 0) is 55.9 Å². The molecule has 2 aromatic carbocycles. The van der Waals surface area contributed by atoms with Gasteiger partial charge < -0.3 is 20.1 Å². The molecule has 0 unspecified atom stereocenters. The molecule has 2 amide bonds. The van der Waals surface area contributed by atoms with Crippen molar-refractivity contribution in [2.45, 2.75) is 70.9 Å². The van der Waals surface area contributed by atoms with Crippen molar-refractivity contribution in [2.75, 3.05) is 13.2 Å². The molecule has 0 atom stereocenters. The number of amides is 2. The maximum absolute atomic E-state index is 13.7. The highest BCUT2D eigenvalue weighted by atomic mass is 16.5. The van der Waals surface area contributed by atoms with Gasteiger partial charge >= 0.3 is 12.1 Å². The average Bonchev–Trinajstić information content (AvgIpc) is 3.14. The van der Waals surface area contributed by atoms with Crippen molar-refractivity contribution < 1.29 is 24.2 Å². The number of ether oxygens (including phenoxy) is 1. The second kappa shape index (κ2) is 10.5. The van der Waals surface area contributed by atoms with Crippen LogP contribution in [0.5, 0.6) is 0 Å². The molecule has 3 rings (SSSR count). The van der Waals surface area contributed by atoms with Gasteiger partial charge in [-0.25, -0.2) is 4.79 Å². The van der Waals surface area contributed by atoms with Crippen molar-refractivity contribution in [1.29, 1.82) is 0 Å². The molecule has 0 aromatic heterocycles. The summed E-state index contributed by atoms with van der Waals surface area (Å²) >= 11 is 0. The molecule has 0 heterocycles. The third-order valence-corrected chi connectivity index (χ3v) is 6.91. The fourth-order valence-corrected chi connectivity index (χ4v) is 4.82. The number of carbonyl (C=O) groups excluding carboxylic acids is 2. The lowest BCUT2D eigenvalue weighted by molar-refractivity contribution is -0.145. The Morgan fingerprint density at radius 1 is 0.943 bits per heavy atom. The van der Waals surface area contributed by atoms with Crippen LogP contribution in [0.3, 0.4) is 0 Å². The van der Waals surface area contributed by atoms with E-state index in [4.69, 9.17) is 9.84 Å². The summed E-state index contributed by atoms with van der Waals surface area (Å²) in [5.74, 6) is -1.36. The topological polar surface area (TPSA) is 95.9 Å². The molecular formula is C28H36N2O5. The number of aliphatic carboxylic acids is 1. The third kappa shape index (κ3) is 5.50. The van der Waals surface area contributed by atoms with Crippen LogP contribution in [0, 0.1) is 0 Å². The highest BCUT2D eigenvalue weighted by molar-refractivity contribution is 5.90. The van der Waals surface area contributed by atoms with Gasteiger partial charge in [-0.1, -0.05) is 62.4 Å². The van der Waals surface area contributed by atoms with Crippen LogP contribution in [0.4, 0.5) is 4.79 Å². The first-order valence-electron chi connectivity index (χ1n) is 12.2. The van der Waals surface area contributed by atoms with Crippen molar-refractivity contribution in [3.63, 3.8) is 0 Å². The van der Waals surface area contributed by atoms with E-state index in [9.17, 15) is 14.4 Å². The molecule has 1 aliphatic carbocycles. The van der Waals surface area contributed by atoms with E-state index < -0.39 is 23.1 Å². The molecule has 0 bridgehead atoms. The highest BCUT2D eigenvalue weighted by Gasteiger charge is 2.43. The smallest absolute Gasteiger partial charge is 0.408 e. The zero-order chi connectivity index (χ0) is 25.8. The maximum Gasteiger partial charge on any atom is 0.408 e. The van der Waals surface area contributed by atoms with E-state index in [2.05, 4.69) is 29.6 Å². The number of benzene rings is 2. The SMILES string of the molecule is CCC(CC)(NC(=O)OCC1c2ccccc2-c2ccccc21)C(=O)N(CCC(=O)O)C(C)(C)C. The summed E-state index contributed by atoms with van der Waals surface area (Å²) in [6, 6.07) is 16.2. The molecule has 188 valence electrons. The van der Waals surface area contributed by atoms with E-state index in [1.54, 1.807) is 0 Å². The van der Waals surface area contributed by atoms with Crippen LogP contribution in [0.1, 0.15) is 70.9 Å². The van der Waals surface area contributed by atoms with Crippen LogP contribution in [0.2, 0.25) is 0 Å². The number of hydrogen-bond acceptors (Lipinski definition) is 4. The average molecular weight is 481 g/mol. The molecule has 0 fully saturated rings. The predicted octanol–water partition coefficient (Wildman–Crippen LogP) is 5.19. The van der Waals surface area contributed by atoms with Gasteiger partial charge in [0, 0.05) is 18.0 Å². The predicted molar refractivity (Wildman–Crippen MR) is 135 cm³/mol. The van der Waals surface area contributed by atoms with Gasteiger partial charge in [-0.15, -0.1) is 0 Å². The van der Waals surface area contributed by atoms with Crippen LogP contribution >= 0.6 is 0 Å². The van der Waals surface area contributed by atoms with Crippen molar-refractivity contribution in [3.05, 3.63) is 59.7 Å². The number of nitrogens with one attached hydrogen (secondary N) is 1. The van der Waals surface area contributed by atoms with E-state index in [0.29, 0.717) is 12.8 Å². The quantitative estimate of drug-likeness (QED) is 0.515. The van der Waals surface area contributed by atoms with Crippen molar-refractivity contribution in [2.24, 2.45) is 0 Å². The molecule has 0 radical (unpaired) electrons. The number of fused-ring (bicyclic) bond motifs is 3. The first-order valence-corrected chi connectivity index (χ1v) is 12.2. The van der Waals surface area contributed by atoms with E-state index >= 15 is 0 Å². The first-order chi connectivity index (χ1) is 16.5. The molecule has 35 heavy (non-hydrogen) atoms. The van der Waals surface area contributed by atoms with Crippen LogP contribution in [-0.2, 0) is 14.3 Å². The minimum Gasteiger partial charge on any atom is -0.481 e. The summed E-state index contributed by atoms with van der Waals surface area (Å²) in [4.78, 5) is 39.4. The fraction of sp³-hybridized carbons (Fsp3) is 0.464. The van der Waals surface area contributed by atoms with Crippen LogP contribution in [0.25, 0.3) is 11.1 Å². The summed E-state index contributed by atoms with van der Waals surface area (Å²) < 4.78 is 5.70. The molecule has 0 aliphatic heterocycles. The zero-order valence-electron chi connectivity index (χ0n) is 21.3. The minimum absolute atomic E-state index is 0.0613. The Hall–Kier alpha value is -3.35. The van der Waals surface area contributed by atoms with Gasteiger partial charge in [-0.2, -0.15) is 0 Å². The monoisotopic (exact) mass is 480 g/mol. The second-order valence-corrected chi connectivity index (χ2v) is 10.0. The number of carboxylic acids is 1. The van der Waals surface area contributed by atoms with Crippen LogP contribution in [-0.4, -0.2) is 52.2 Å². The molecule has 0 spiro atoms. The Morgan fingerprint density at radius 2 is 1.46 bits per heavy atom. The Labute approximate surface area is 207 Å². The number of rotatable bonds is 9. The van der Waals surface area contributed by atoms with Crippen molar-refractivity contribution >= 4 is 18.0 Å². The second-order valence-electron chi connectivity index (χ2n) is 10.0. The zero-order valence-corrected chi connectivity index (χ0v) is 21.3. The first kappa shape index (κ1) is 26.3. The van der Waals surface area contributed by atoms with Gasteiger partial charge in [0.15, 0.2) is 0 Å².